The molecule has 0 saturated carbocycles. The monoisotopic (exact) mass is 994 g/mol. The second-order valence-electron chi connectivity index (χ2n) is 15.1. The first-order chi connectivity index (χ1) is 31.6. The molecule has 0 aliphatic carbocycles. The molecule has 3 N–H and O–H groups in total. The van der Waals surface area contributed by atoms with Crippen molar-refractivity contribution in [1.29, 1.82) is 0 Å². The molecule has 2 amide bonds. The molecule has 6 aromatic rings. The summed E-state index contributed by atoms with van der Waals surface area (Å²) in [5.74, 6) is 1.64. The van der Waals surface area contributed by atoms with Gasteiger partial charge in [-0.15, -0.1) is 12.4 Å². The Kier molecular flexibility index (Phi) is 16.9. The topological polar surface area (TPSA) is 210 Å². The number of aryl methyl sites for hydroxylation is 2. The van der Waals surface area contributed by atoms with Crippen LogP contribution in [0.1, 0.15) is 86.8 Å². The summed E-state index contributed by atoms with van der Waals surface area (Å²) in [4.78, 5) is 59.7. The Morgan fingerprint density at radius 2 is 1.12 bits per heavy atom. The summed E-state index contributed by atoms with van der Waals surface area (Å²) in [7, 11) is 0. The Morgan fingerprint density at radius 1 is 0.691 bits per heavy atom. The molecule has 8 rings (SSSR count). The largest absolute Gasteiger partial charge is 0.447 e. The van der Waals surface area contributed by atoms with Gasteiger partial charge >= 0.3 is 24.5 Å². The van der Waals surface area contributed by atoms with Crippen molar-refractivity contribution in [2.75, 3.05) is 28.3 Å². The van der Waals surface area contributed by atoms with E-state index in [-0.39, 0.29) is 66.3 Å². The smallest absolute Gasteiger partial charge is 0.417 e. The van der Waals surface area contributed by atoms with Gasteiger partial charge in [0.05, 0.1) is 53.3 Å². The summed E-state index contributed by atoms with van der Waals surface area (Å²) < 4.78 is 88.9. The Bertz CT molecular complexity index is 2630. The van der Waals surface area contributed by atoms with E-state index in [9.17, 15) is 35.9 Å². The van der Waals surface area contributed by atoms with Gasteiger partial charge in [0.25, 0.3) is 0 Å². The third kappa shape index (κ3) is 12.9. The Hall–Kier alpha value is -6.66. The molecule has 0 radical (unpaired) electrons. The molecule has 4 atom stereocenters. The second kappa shape index (κ2) is 22.0. The average molecular weight is 996 g/mol. The third-order valence-corrected chi connectivity index (χ3v) is 10.4. The zero-order valence-corrected chi connectivity index (χ0v) is 38.8. The molecule has 18 nitrogen and oxygen atoms in total. The number of nitrogens with one attached hydrogen (secondary N) is 1. The number of ether oxygens (including phenoxy) is 2. The van der Waals surface area contributed by atoms with Gasteiger partial charge in [0, 0.05) is 29.8 Å². The van der Waals surface area contributed by atoms with Crippen LogP contribution >= 0.6 is 24.0 Å². The number of carbonyl (C=O) groups is 2. The maximum atomic E-state index is 12.8. The Labute approximate surface area is 396 Å². The van der Waals surface area contributed by atoms with Gasteiger partial charge in [0.2, 0.25) is 23.1 Å². The molecular formula is C42H46Cl2F6N14O4. The number of benzene rings is 2. The summed E-state index contributed by atoms with van der Waals surface area (Å²) in [5.41, 5.74) is 6.76. The number of nitrogens with zero attached hydrogens (tertiary/aromatic N) is 12. The number of rotatable bonds is 10. The predicted molar refractivity (Wildman–Crippen MR) is 239 cm³/mol. The van der Waals surface area contributed by atoms with Gasteiger partial charge in [-0.05, 0) is 101 Å². The van der Waals surface area contributed by atoms with Crippen molar-refractivity contribution in [1.82, 2.24) is 49.0 Å². The van der Waals surface area contributed by atoms with Crippen molar-refractivity contribution in [2.24, 2.45) is 5.73 Å². The first-order valence-corrected chi connectivity index (χ1v) is 21.0. The quantitative estimate of drug-likeness (QED) is 0.123. The second-order valence-corrected chi connectivity index (χ2v) is 15.5. The summed E-state index contributed by atoms with van der Waals surface area (Å²) in [5, 5.41) is 3.22. The van der Waals surface area contributed by atoms with Gasteiger partial charge < -0.3 is 29.7 Å². The highest BCUT2D eigenvalue weighted by Crippen LogP contribution is 2.31. The Morgan fingerprint density at radius 3 is 1.53 bits per heavy atom. The van der Waals surface area contributed by atoms with E-state index in [0.717, 1.165) is 30.7 Å². The molecule has 2 fully saturated rings. The zero-order valence-electron chi connectivity index (χ0n) is 37.2. The first-order valence-electron chi connectivity index (χ1n) is 20.6. The van der Waals surface area contributed by atoms with Crippen LogP contribution in [-0.2, 0) is 21.8 Å². The molecule has 0 bridgehead atoms. The van der Waals surface area contributed by atoms with Gasteiger partial charge in [0.1, 0.15) is 24.9 Å². The normalized spacial score (nSPS) is 16.7. The zero-order chi connectivity index (χ0) is 48.8. The van der Waals surface area contributed by atoms with Crippen molar-refractivity contribution in [3.63, 3.8) is 0 Å². The number of nitrogens with two attached hydrogens (primary N) is 1. The minimum atomic E-state index is -4.39. The van der Waals surface area contributed by atoms with E-state index in [2.05, 4.69) is 45.2 Å². The molecule has 364 valence electrons. The number of aromatic nitrogens is 10. The predicted octanol–water partition coefficient (Wildman–Crippen LogP) is 9.19. The summed E-state index contributed by atoms with van der Waals surface area (Å²) >= 11 is 5.73. The number of hydrogen-bond acceptors (Lipinski definition) is 14. The molecular weight excluding hydrogens is 949 g/mol. The van der Waals surface area contributed by atoms with Crippen LogP contribution in [0.3, 0.4) is 0 Å². The number of carbonyl (C=O) groups excluding carboxylic acids is 2. The van der Waals surface area contributed by atoms with Crippen LogP contribution in [0.5, 0.6) is 0 Å². The number of amides is 2. The van der Waals surface area contributed by atoms with Crippen molar-refractivity contribution in [3.8, 4) is 11.4 Å². The lowest BCUT2D eigenvalue weighted by Crippen LogP contribution is -2.34. The van der Waals surface area contributed by atoms with E-state index in [1.807, 2.05) is 20.8 Å². The molecule has 6 heterocycles. The highest BCUT2D eigenvalue weighted by Gasteiger charge is 2.37. The van der Waals surface area contributed by atoms with Crippen molar-refractivity contribution in [3.05, 3.63) is 113 Å². The SMILES string of the molecule is CC[C@H]1COC(=O)N1c1nc(C)nc(Cl)n1.CC[C@H]1COC(=O)N1c1nc(C)nc(N[C@@H](C)c2cn(-c3ccc(C(F)(F)F)cc3)cn2)n1.C[C@H](N)c1cn(-c2ccc(C(F)(F)F)cc2)cn1.Cl. The summed E-state index contributed by atoms with van der Waals surface area (Å²) in [6, 6.07) is 8.97. The molecule has 2 aliphatic rings. The van der Waals surface area contributed by atoms with Crippen LogP contribution in [0.15, 0.2) is 73.6 Å². The maximum Gasteiger partial charge on any atom is 0.417 e. The number of halogens is 8. The first kappa shape index (κ1) is 52.3. The van der Waals surface area contributed by atoms with Crippen molar-refractivity contribution >= 4 is 54.0 Å². The average Bonchev–Trinajstić information content (AvgIpc) is 4.10. The summed E-state index contributed by atoms with van der Waals surface area (Å²) in [6.45, 7) is 11.6. The Balaban J connectivity index is 0.000000208. The van der Waals surface area contributed by atoms with Crippen LogP contribution in [0.2, 0.25) is 5.28 Å². The molecule has 2 aliphatic heterocycles. The number of alkyl halides is 6. The van der Waals surface area contributed by atoms with E-state index in [1.165, 1.54) is 46.7 Å². The number of cyclic esters (lactones) is 2. The van der Waals surface area contributed by atoms with Crippen LogP contribution in [0, 0.1) is 13.8 Å². The van der Waals surface area contributed by atoms with Crippen LogP contribution in [0.25, 0.3) is 11.4 Å². The number of imidazole rings is 2. The van der Waals surface area contributed by atoms with E-state index in [1.54, 1.807) is 42.3 Å². The van der Waals surface area contributed by atoms with Gasteiger partial charge in [-0.25, -0.2) is 34.3 Å². The van der Waals surface area contributed by atoms with Crippen molar-refractivity contribution < 1.29 is 45.4 Å². The fourth-order valence-electron chi connectivity index (χ4n) is 6.53. The highest BCUT2D eigenvalue weighted by atomic mass is 35.5. The number of hydrogen-bond donors (Lipinski definition) is 2. The minimum Gasteiger partial charge on any atom is -0.447 e. The maximum absolute atomic E-state index is 12.8. The number of anilines is 3. The lowest BCUT2D eigenvalue weighted by Gasteiger charge is -2.19. The van der Waals surface area contributed by atoms with Crippen LogP contribution in [-0.4, -0.2) is 86.5 Å². The van der Waals surface area contributed by atoms with Crippen LogP contribution in [0.4, 0.5) is 53.8 Å². The molecule has 4 aromatic heterocycles. The van der Waals surface area contributed by atoms with Gasteiger partial charge in [-0.3, -0.25) is 0 Å². The van der Waals surface area contributed by atoms with Gasteiger partial charge in [-0.2, -0.15) is 51.3 Å². The molecule has 68 heavy (non-hydrogen) atoms. The van der Waals surface area contributed by atoms with Crippen LogP contribution < -0.4 is 20.9 Å². The fraction of sp³-hybridized carbons (Fsp3) is 0.381. The molecule has 0 spiro atoms. The molecule has 0 unspecified atom stereocenters. The van der Waals surface area contributed by atoms with E-state index in [4.69, 9.17) is 26.8 Å². The molecule has 26 heteroatoms. The van der Waals surface area contributed by atoms with Gasteiger partial charge in [-0.1, -0.05) is 13.8 Å². The fourth-order valence-corrected chi connectivity index (χ4v) is 6.72. The van der Waals surface area contributed by atoms with Gasteiger partial charge in [0.15, 0.2) is 0 Å². The van der Waals surface area contributed by atoms with E-state index < -0.39 is 35.7 Å². The summed E-state index contributed by atoms with van der Waals surface area (Å²) in [6.07, 6.45) is -1.71. The highest BCUT2D eigenvalue weighted by molar-refractivity contribution is 6.28. The van der Waals surface area contributed by atoms with E-state index in [0.29, 0.717) is 47.4 Å². The molecule has 2 aromatic carbocycles. The van der Waals surface area contributed by atoms with Crippen molar-refractivity contribution in [2.45, 2.75) is 90.9 Å². The lowest BCUT2D eigenvalue weighted by molar-refractivity contribution is -0.138. The lowest BCUT2D eigenvalue weighted by atomic mass is 10.2. The standard InChI is InChI=1S/C21H22F3N7O2.C12H12F3N3.C9H11ClN4O2.ClH/c1-4-15-10-33-20(32)31(15)19-28-13(3)27-18(29-19)26-12(2)17-9-30(11-25-17)16-7-5-14(6-8-16)21(22,23)24;1-8(16)11-6-18(7-17-11)10-4-2-9(3-5-10)12(13,14)15;1-3-6-4-16-9(15)14(6)8-12-5(2)11-7(10)13-8;/h5-9,11-12,15H,4,10H2,1-3H3,(H,26,27,28,29);2-8H,16H2,1H3;6H,3-4H2,1-2H3;1H/t12-,15-;8-;6-;/m000./s1. The molecule has 2 saturated heterocycles. The minimum absolute atomic E-state index is 0. The van der Waals surface area contributed by atoms with E-state index >= 15 is 0 Å². The third-order valence-electron chi connectivity index (χ3n) is 10.2.